The average Bonchev–Trinajstić information content (AvgIpc) is 2.00. The van der Waals surface area contributed by atoms with Gasteiger partial charge in [0, 0.05) is 18.6 Å². The van der Waals surface area contributed by atoms with Crippen LogP contribution in [0.5, 0.6) is 0 Å². The summed E-state index contributed by atoms with van der Waals surface area (Å²) in [5.41, 5.74) is -0.127. The van der Waals surface area contributed by atoms with E-state index in [1.165, 1.54) is 0 Å². The number of hydrogen-bond donors (Lipinski definition) is 2. The highest BCUT2D eigenvalue weighted by molar-refractivity contribution is 5.77. The minimum absolute atomic E-state index is 0.0243. The standard InChI is InChI=1S/C10H20N2O2/c1-4-10(2,3)12-9(13)7-14-8-5-11-6-8/h8,11H,4-7H2,1-3H3,(H,12,13). The summed E-state index contributed by atoms with van der Waals surface area (Å²) in [6, 6.07) is 0. The molecular weight excluding hydrogens is 180 g/mol. The Morgan fingerprint density at radius 1 is 1.57 bits per heavy atom. The maximum Gasteiger partial charge on any atom is 0.246 e. The van der Waals surface area contributed by atoms with Gasteiger partial charge in [-0.3, -0.25) is 4.79 Å². The Morgan fingerprint density at radius 3 is 2.64 bits per heavy atom. The quantitative estimate of drug-likeness (QED) is 0.670. The molecule has 1 rings (SSSR count). The van der Waals surface area contributed by atoms with Gasteiger partial charge in [-0.05, 0) is 20.3 Å². The van der Waals surface area contributed by atoms with Crippen molar-refractivity contribution in [2.24, 2.45) is 0 Å². The average molecular weight is 200 g/mol. The highest BCUT2D eigenvalue weighted by Crippen LogP contribution is 2.06. The van der Waals surface area contributed by atoms with Crippen molar-refractivity contribution >= 4 is 5.91 Å². The van der Waals surface area contributed by atoms with Crippen molar-refractivity contribution < 1.29 is 9.53 Å². The maximum absolute atomic E-state index is 11.4. The molecule has 0 spiro atoms. The molecule has 1 fully saturated rings. The molecule has 1 saturated heterocycles. The van der Waals surface area contributed by atoms with Gasteiger partial charge in [-0.1, -0.05) is 6.92 Å². The molecule has 0 saturated carbocycles. The Bertz CT molecular complexity index is 200. The fourth-order valence-corrected chi connectivity index (χ4v) is 1.08. The monoisotopic (exact) mass is 200 g/mol. The van der Waals surface area contributed by atoms with Crippen LogP contribution in [-0.4, -0.2) is 37.2 Å². The fraction of sp³-hybridized carbons (Fsp3) is 0.900. The fourth-order valence-electron chi connectivity index (χ4n) is 1.08. The van der Waals surface area contributed by atoms with Gasteiger partial charge in [0.25, 0.3) is 0 Å². The van der Waals surface area contributed by atoms with Gasteiger partial charge in [-0.25, -0.2) is 0 Å². The summed E-state index contributed by atoms with van der Waals surface area (Å²) in [5.74, 6) is -0.0243. The third kappa shape index (κ3) is 3.64. The van der Waals surface area contributed by atoms with Crippen LogP contribution in [0.2, 0.25) is 0 Å². The summed E-state index contributed by atoms with van der Waals surface area (Å²) in [5, 5.41) is 6.01. The highest BCUT2D eigenvalue weighted by atomic mass is 16.5. The molecular formula is C10H20N2O2. The maximum atomic E-state index is 11.4. The number of ether oxygens (including phenoxy) is 1. The van der Waals surface area contributed by atoms with E-state index in [4.69, 9.17) is 4.74 Å². The van der Waals surface area contributed by atoms with Crippen molar-refractivity contribution in [1.29, 1.82) is 0 Å². The second kappa shape index (κ2) is 4.75. The molecule has 1 aliphatic rings. The number of carbonyl (C=O) groups excluding carboxylic acids is 1. The van der Waals surface area contributed by atoms with Gasteiger partial charge in [0.05, 0.1) is 6.10 Å². The molecule has 0 aromatic carbocycles. The van der Waals surface area contributed by atoms with Crippen LogP contribution in [0.3, 0.4) is 0 Å². The Kier molecular flexibility index (Phi) is 3.89. The Hall–Kier alpha value is -0.610. The summed E-state index contributed by atoms with van der Waals surface area (Å²) in [6.45, 7) is 7.98. The minimum atomic E-state index is -0.127. The van der Waals surface area contributed by atoms with Crippen molar-refractivity contribution in [2.45, 2.75) is 38.8 Å². The van der Waals surface area contributed by atoms with Crippen LogP contribution in [0.25, 0.3) is 0 Å². The zero-order valence-corrected chi connectivity index (χ0v) is 9.22. The second-order valence-corrected chi connectivity index (χ2v) is 4.38. The molecule has 0 aliphatic carbocycles. The lowest BCUT2D eigenvalue weighted by molar-refractivity contribution is -0.130. The van der Waals surface area contributed by atoms with Gasteiger partial charge in [0.15, 0.2) is 0 Å². The molecule has 4 heteroatoms. The van der Waals surface area contributed by atoms with Crippen LogP contribution in [-0.2, 0) is 9.53 Å². The van der Waals surface area contributed by atoms with E-state index in [0.29, 0.717) is 0 Å². The molecule has 0 atom stereocenters. The summed E-state index contributed by atoms with van der Waals surface area (Å²) < 4.78 is 5.36. The lowest BCUT2D eigenvalue weighted by Crippen LogP contribution is -2.51. The van der Waals surface area contributed by atoms with E-state index in [1.54, 1.807) is 0 Å². The molecule has 0 radical (unpaired) electrons. The second-order valence-electron chi connectivity index (χ2n) is 4.38. The molecule has 0 aromatic heterocycles. The van der Waals surface area contributed by atoms with Gasteiger partial charge in [0.2, 0.25) is 5.91 Å². The minimum Gasteiger partial charge on any atom is -0.366 e. The van der Waals surface area contributed by atoms with Crippen molar-refractivity contribution in [1.82, 2.24) is 10.6 Å². The van der Waals surface area contributed by atoms with Gasteiger partial charge < -0.3 is 15.4 Å². The van der Waals surface area contributed by atoms with E-state index in [-0.39, 0.29) is 24.2 Å². The number of rotatable bonds is 5. The molecule has 0 bridgehead atoms. The smallest absolute Gasteiger partial charge is 0.246 e. The van der Waals surface area contributed by atoms with Gasteiger partial charge in [-0.15, -0.1) is 0 Å². The van der Waals surface area contributed by atoms with E-state index >= 15 is 0 Å². The molecule has 82 valence electrons. The van der Waals surface area contributed by atoms with Gasteiger partial charge >= 0.3 is 0 Å². The molecule has 14 heavy (non-hydrogen) atoms. The largest absolute Gasteiger partial charge is 0.366 e. The van der Waals surface area contributed by atoms with Crippen LogP contribution < -0.4 is 10.6 Å². The highest BCUT2D eigenvalue weighted by Gasteiger charge is 2.21. The van der Waals surface area contributed by atoms with E-state index in [2.05, 4.69) is 17.6 Å². The zero-order valence-electron chi connectivity index (χ0n) is 9.22. The number of carbonyl (C=O) groups is 1. The SMILES string of the molecule is CCC(C)(C)NC(=O)COC1CNC1. The Morgan fingerprint density at radius 2 is 2.21 bits per heavy atom. The molecule has 0 unspecified atom stereocenters. The molecule has 1 amide bonds. The number of amides is 1. The summed E-state index contributed by atoms with van der Waals surface area (Å²) >= 11 is 0. The van der Waals surface area contributed by atoms with Crippen LogP contribution in [0, 0.1) is 0 Å². The van der Waals surface area contributed by atoms with Crippen LogP contribution in [0.4, 0.5) is 0 Å². The molecule has 2 N–H and O–H groups in total. The first-order chi connectivity index (χ1) is 6.53. The summed E-state index contributed by atoms with van der Waals surface area (Å²) in [7, 11) is 0. The zero-order chi connectivity index (χ0) is 10.6. The molecule has 4 nitrogen and oxygen atoms in total. The molecule has 1 aliphatic heterocycles. The first-order valence-electron chi connectivity index (χ1n) is 5.17. The summed E-state index contributed by atoms with van der Waals surface area (Å²) in [4.78, 5) is 11.4. The van der Waals surface area contributed by atoms with Gasteiger partial charge in [-0.2, -0.15) is 0 Å². The number of nitrogens with one attached hydrogen (secondary N) is 2. The molecule has 0 aromatic rings. The topological polar surface area (TPSA) is 50.4 Å². The Balaban J connectivity index is 2.14. The van der Waals surface area contributed by atoms with Crippen molar-refractivity contribution in [3.05, 3.63) is 0 Å². The lowest BCUT2D eigenvalue weighted by atomic mass is 10.0. The first kappa shape index (κ1) is 11.5. The van der Waals surface area contributed by atoms with E-state index in [9.17, 15) is 4.79 Å². The van der Waals surface area contributed by atoms with E-state index in [1.807, 2.05) is 13.8 Å². The predicted octanol–water partition coefficient (Wildman–Crippen LogP) is 0.280. The van der Waals surface area contributed by atoms with Crippen molar-refractivity contribution in [3.63, 3.8) is 0 Å². The van der Waals surface area contributed by atoms with Crippen LogP contribution in [0.1, 0.15) is 27.2 Å². The van der Waals surface area contributed by atoms with E-state index in [0.717, 1.165) is 19.5 Å². The van der Waals surface area contributed by atoms with Crippen molar-refractivity contribution in [2.75, 3.05) is 19.7 Å². The van der Waals surface area contributed by atoms with Gasteiger partial charge in [0.1, 0.15) is 6.61 Å². The third-order valence-electron chi connectivity index (χ3n) is 2.56. The van der Waals surface area contributed by atoms with Crippen molar-refractivity contribution in [3.8, 4) is 0 Å². The van der Waals surface area contributed by atoms with E-state index < -0.39 is 0 Å². The normalized spacial score (nSPS) is 17.6. The third-order valence-corrected chi connectivity index (χ3v) is 2.56. The number of hydrogen-bond acceptors (Lipinski definition) is 3. The van der Waals surface area contributed by atoms with Crippen LogP contribution in [0.15, 0.2) is 0 Å². The lowest BCUT2D eigenvalue weighted by Gasteiger charge is -2.28. The first-order valence-corrected chi connectivity index (χ1v) is 5.17. The Labute approximate surface area is 85.4 Å². The van der Waals surface area contributed by atoms with Crippen LogP contribution >= 0.6 is 0 Å². The predicted molar refractivity (Wildman–Crippen MR) is 55.1 cm³/mol. The summed E-state index contributed by atoms with van der Waals surface area (Å²) in [6.07, 6.45) is 1.15. The molecule has 1 heterocycles.